The number of hydrogen-bond acceptors (Lipinski definition) is 2. The van der Waals surface area contributed by atoms with Gasteiger partial charge in [-0.15, -0.1) is 0 Å². The summed E-state index contributed by atoms with van der Waals surface area (Å²) in [6, 6.07) is 10.6. The Morgan fingerprint density at radius 2 is 2.06 bits per heavy atom. The van der Waals surface area contributed by atoms with Crippen molar-refractivity contribution in [2.75, 3.05) is 7.05 Å². The maximum absolute atomic E-state index is 5.52. The van der Waals surface area contributed by atoms with Crippen LogP contribution in [0.3, 0.4) is 0 Å². The minimum Gasteiger partial charge on any atom is -0.466 e. The van der Waals surface area contributed by atoms with E-state index in [0.717, 1.165) is 16.7 Å². The van der Waals surface area contributed by atoms with Crippen LogP contribution in [0.1, 0.15) is 22.9 Å². The summed E-state index contributed by atoms with van der Waals surface area (Å²) in [7, 11) is 1.96. The van der Waals surface area contributed by atoms with Gasteiger partial charge in [0.1, 0.15) is 5.76 Å². The van der Waals surface area contributed by atoms with Crippen LogP contribution in [0.2, 0.25) is 0 Å². The summed E-state index contributed by atoms with van der Waals surface area (Å²) in [5, 5.41) is 3.30. The van der Waals surface area contributed by atoms with Crippen molar-refractivity contribution in [3.63, 3.8) is 0 Å². The molecule has 1 heterocycles. The molecule has 3 heteroatoms. The Bertz CT molecular complexity index is 492. The third-order valence-corrected chi connectivity index (χ3v) is 3.65. The van der Waals surface area contributed by atoms with E-state index in [1.807, 2.05) is 13.1 Å². The Labute approximate surface area is 110 Å². The molecule has 0 amide bonds. The zero-order chi connectivity index (χ0) is 12.3. The second-order valence-corrected chi connectivity index (χ2v) is 4.96. The molecule has 2 nitrogen and oxygen atoms in total. The van der Waals surface area contributed by atoms with E-state index in [2.05, 4.69) is 52.4 Å². The summed E-state index contributed by atoms with van der Waals surface area (Å²) in [4.78, 5) is 0. The van der Waals surface area contributed by atoms with E-state index in [0.29, 0.717) is 0 Å². The van der Waals surface area contributed by atoms with Crippen molar-refractivity contribution in [3.05, 3.63) is 58.0 Å². The predicted molar refractivity (Wildman–Crippen MR) is 73.1 cm³/mol. The fraction of sp³-hybridized carbons (Fsp3) is 0.286. The van der Waals surface area contributed by atoms with Gasteiger partial charge in [0.15, 0.2) is 0 Å². The van der Waals surface area contributed by atoms with Gasteiger partial charge in [-0.2, -0.15) is 0 Å². The van der Waals surface area contributed by atoms with Crippen molar-refractivity contribution in [1.82, 2.24) is 5.32 Å². The molecule has 90 valence electrons. The molecule has 1 aromatic carbocycles. The number of nitrogens with one attached hydrogen (secondary N) is 1. The lowest BCUT2D eigenvalue weighted by Crippen LogP contribution is -2.19. The molecule has 0 aliphatic rings. The first-order valence-electron chi connectivity index (χ1n) is 5.67. The van der Waals surface area contributed by atoms with Crippen LogP contribution in [0.5, 0.6) is 0 Å². The van der Waals surface area contributed by atoms with Crippen molar-refractivity contribution in [1.29, 1.82) is 0 Å². The number of halogens is 1. The zero-order valence-electron chi connectivity index (χ0n) is 10.0. The van der Waals surface area contributed by atoms with Crippen LogP contribution in [-0.4, -0.2) is 7.05 Å². The number of rotatable bonds is 4. The fourth-order valence-electron chi connectivity index (χ4n) is 1.94. The number of likely N-dealkylation sites (N-methyl/N-ethyl adjacent to an activating group) is 1. The van der Waals surface area contributed by atoms with Gasteiger partial charge in [-0.25, -0.2) is 0 Å². The van der Waals surface area contributed by atoms with Gasteiger partial charge in [-0.3, -0.25) is 0 Å². The number of benzene rings is 1. The lowest BCUT2D eigenvalue weighted by Gasteiger charge is -2.15. The van der Waals surface area contributed by atoms with E-state index in [1.165, 1.54) is 11.1 Å². The first kappa shape index (κ1) is 12.4. The molecule has 1 atom stereocenters. The molecule has 0 fully saturated rings. The summed E-state index contributed by atoms with van der Waals surface area (Å²) < 4.78 is 6.54. The Hall–Kier alpha value is -1.06. The molecule has 0 saturated heterocycles. The van der Waals surface area contributed by atoms with Crippen molar-refractivity contribution < 1.29 is 4.42 Å². The van der Waals surface area contributed by atoms with Crippen LogP contribution in [0.25, 0.3) is 0 Å². The largest absolute Gasteiger partial charge is 0.466 e. The highest BCUT2D eigenvalue weighted by atomic mass is 79.9. The highest BCUT2D eigenvalue weighted by Gasteiger charge is 2.17. The molecule has 2 aromatic rings. The quantitative estimate of drug-likeness (QED) is 0.926. The third-order valence-electron chi connectivity index (χ3n) is 3.00. The molecule has 0 aliphatic heterocycles. The number of aryl methyl sites for hydroxylation is 1. The molecule has 17 heavy (non-hydrogen) atoms. The van der Waals surface area contributed by atoms with Crippen LogP contribution in [0.15, 0.2) is 45.5 Å². The van der Waals surface area contributed by atoms with Gasteiger partial charge in [-0.05, 0) is 53.5 Å². The Morgan fingerprint density at radius 3 is 2.65 bits per heavy atom. The van der Waals surface area contributed by atoms with Gasteiger partial charge in [0, 0.05) is 0 Å². The highest BCUT2D eigenvalue weighted by Crippen LogP contribution is 2.27. The predicted octanol–water partition coefficient (Wildman–Crippen LogP) is 3.85. The zero-order valence-corrected chi connectivity index (χ0v) is 11.6. The maximum atomic E-state index is 5.52. The fourth-order valence-corrected chi connectivity index (χ4v) is 2.42. The average Bonchev–Trinajstić information content (AvgIpc) is 2.75. The van der Waals surface area contributed by atoms with Crippen molar-refractivity contribution in [2.45, 2.75) is 19.4 Å². The van der Waals surface area contributed by atoms with E-state index < -0.39 is 0 Å². The summed E-state index contributed by atoms with van der Waals surface area (Å²) >= 11 is 3.51. The third kappa shape index (κ3) is 2.79. The highest BCUT2D eigenvalue weighted by molar-refractivity contribution is 9.10. The van der Waals surface area contributed by atoms with Crippen molar-refractivity contribution in [3.8, 4) is 0 Å². The maximum Gasteiger partial charge on any atom is 0.135 e. The second-order valence-electron chi connectivity index (χ2n) is 4.10. The molecule has 1 N–H and O–H groups in total. The topological polar surface area (TPSA) is 25.2 Å². The normalized spacial score (nSPS) is 12.6. The average molecular weight is 294 g/mol. The first-order valence-corrected chi connectivity index (χ1v) is 6.46. The molecule has 2 rings (SSSR count). The lowest BCUT2D eigenvalue weighted by molar-refractivity contribution is 0.426. The summed E-state index contributed by atoms with van der Waals surface area (Å²) in [6.45, 7) is 2.14. The standard InChI is InChI=1S/C14H16BrNO/c1-10-5-3-4-6-11(10)9-13(16-2)14-12(15)7-8-17-14/h3-8,13,16H,9H2,1-2H3. The summed E-state index contributed by atoms with van der Waals surface area (Å²) in [6.07, 6.45) is 2.64. The molecular formula is C14H16BrNO. The van der Waals surface area contributed by atoms with Gasteiger partial charge in [0.25, 0.3) is 0 Å². The molecule has 0 aliphatic carbocycles. The van der Waals surface area contributed by atoms with E-state index in [-0.39, 0.29) is 6.04 Å². The van der Waals surface area contributed by atoms with Crippen LogP contribution < -0.4 is 5.32 Å². The second kappa shape index (κ2) is 5.52. The van der Waals surface area contributed by atoms with Gasteiger partial charge < -0.3 is 9.73 Å². The van der Waals surface area contributed by atoms with E-state index in [4.69, 9.17) is 4.42 Å². The number of hydrogen-bond donors (Lipinski definition) is 1. The van der Waals surface area contributed by atoms with E-state index in [9.17, 15) is 0 Å². The smallest absolute Gasteiger partial charge is 0.135 e. The van der Waals surface area contributed by atoms with E-state index >= 15 is 0 Å². The molecule has 0 spiro atoms. The molecule has 1 aromatic heterocycles. The molecule has 0 saturated carbocycles. The van der Waals surface area contributed by atoms with Crippen LogP contribution in [0, 0.1) is 6.92 Å². The van der Waals surface area contributed by atoms with Gasteiger partial charge in [0.05, 0.1) is 16.8 Å². The lowest BCUT2D eigenvalue weighted by atomic mass is 10.00. The van der Waals surface area contributed by atoms with Crippen LogP contribution in [-0.2, 0) is 6.42 Å². The molecule has 1 unspecified atom stereocenters. The Morgan fingerprint density at radius 1 is 1.29 bits per heavy atom. The van der Waals surface area contributed by atoms with Gasteiger partial charge in [0.2, 0.25) is 0 Å². The first-order chi connectivity index (χ1) is 8.22. The minimum absolute atomic E-state index is 0.195. The minimum atomic E-state index is 0.195. The molecular weight excluding hydrogens is 278 g/mol. The Balaban J connectivity index is 2.22. The molecule has 0 radical (unpaired) electrons. The van der Waals surface area contributed by atoms with Gasteiger partial charge in [-0.1, -0.05) is 24.3 Å². The van der Waals surface area contributed by atoms with Gasteiger partial charge >= 0.3 is 0 Å². The summed E-state index contributed by atoms with van der Waals surface area (Å²) in [5.41, 5.74) is 2.66. The van der Waals surface area contributed by atoms with Crippen molar-refractivity contribution in [2.24, 2.45) is 0 Å². The summed E-state index contributed by atoms with van der Waals surface area (Å²) in [5.74, 6) is 0.954. The van der Waals surface area contributed by atoms with E-state index in [1.54, 1.807) is 6.26 Å². The number of furan rings is 1. The molecule has 0 bridgehead atoms. The monoisotopic (exact) mass is 293 g/mol. The van der Waals surface area contributed by atoms with Crippen LogP contribution in [0.4, 0.5) is 0 Å². The Kier molecular flexibility index (Phi) is 4.02. The SMILES string of the molecule is CNC(Cc1ccccc1C)c1occc1Br. The van der Waals surface area contributed by atoms with Crippen molar-refractivity contribution >= 4 is 15.9 Å². The van der Waals surface area contributed by atoms with Crippen LogP contribution >= 0.6 is 15.9 Å².